The van der Waals surface area contributed by atoms with Crippen molar-refractivity contribution >= 4 is 17.4 Å². The highest BCUT2D eigenvalue weighted by atomic mass is 19.1. The van der Waals surface area contributed by atoms with E-state index in [1.807, 2.05) is 6.07 Å². The summed E-state index contributed by atoms with van der Waals surface area (Å²) in [6, 6.07) is 15.1. The molecule has 0 spiro atoms. The summed E-state index contributed by atoms with van der Waals surface area (Å²) in [5, 5.41) is 5.93. The number of pyridine rings is 1. The largest absolute Gasteiger partial charge is 0.493 e. The van der Waals surface area contributed by atoms with Crippen LogP contribution in [0.1, 0.15) is 15.9 Å². The Kier molecular flexibility index (Phi) is 6.63. The van der Waals surface area contributed by atoms with Crippen LogP contribution in [0.5, 0.6) is 11.5 Å². The van der Waals surface area contributed by atoms with E-state index in [1.165, 1.54) is 20.3 Å². The van der Waals surface area contributed by atoms with Gasteiger partial charge in [-0.15, -0.1) is 0 Å². The Morgan fingerprint density at radius 1 is 1.03 bits per heavy atom. The van der Waals surface area contributed by atoms with E-state index in [0.29, 0.717) is 47.1 Å². The summed E-state index contributed by atoms with van der Waals surface area (Å²) in [4.78, 5) is 16.7. The molecule has 3 aromatic rings. The number of nitrogens with one attached hydrogen (secondary N) is 2. The minimum absolute atomic E-state index is 0.213. The van der Waals surface area contributed by atoms with E-state index in [9.17, 15) is 9.18 Å². The monoisotopic (exact) mass is 395 g/mol. The predicted molar refractivity (Wildman–Crippen MR) is 110 cm³/mol. The molecular weight excluding hydrogens is 373 g/mol. The van der Waals surface area contributed by atoms with Gasteiger partial charge in [-0.25, -0.2) is 9.37 Å². The summed E-state index contributed by atoms with van der Waals surface area (Å²) in [6.45, 7) is 0.547. The van der Waals surface area contributed by atoms with Crippen LogP contribution in [0.4, 0.5) is 15.9 Å². The molecule has 1 heterocycles. The summed E-state index contributed by atoms with van der Waals surface area (Å²) in [5.74, 6) is 1.18. The summed E-state index contributed by atoms with van der Waals surface area (Å²) in [5.41, 5.74) is 1.65. The van der Waals surface area contributed by atoms with Crippen LogP contribution >= 0.6 is 0 Å². The molecule has 7 heteroatoms. The number of amides is 1. The third-order valence-electron chi connectivity index (χ3n) is 4.33. The molecule has 1 aromatic heterocycles. The SMILES string of the molecule is COc1ccc(C(=O)Nc2ccc(NCCc3ccccc3F)nc2)cc1OC. The van der Waals surface area contributed by atoms with Gasteiger partial charge in [-0.3, -0.25) is 4.79 Å². The van der Waals surface area contributed by atoms with E-state index >= 15 is 0 Å². The lowest BCUT2D eigenvalue weighted by molar-refractivity contribution is 0.102. The molecule has 0 bridgehead atoms. The van der Waals surface area contributed by atoms with E-state index in [2.05, 4.69) is 15.6 Å². The van der Waals surface area contributed by atoms with Crippen molar-refractivity contribution in [3.05, 3.63) is 77.7 Å². The van der Waals surface area contributed by atoms with Crippen LogP contribution < -0.4 is 20.1 Å². The molecular formula is C22H22FN3O3. The number of nitrogens with zero attached hydrogens (tertiary/aromatic N) is 1. The maximum Gasteiger partial charge on any atom is 0.255 e. The summed E-state index contributed by atoms with van der Waals surface area (Å²) >= 11 is 0. The zero-order valence-electron chi connectivity index (χ0n) is 16.2. The Morgan fingerprint density at radius 2 is 1.83 bits per heavy atom. The first kappa shape index (κ1) is 20.1. The Hall–Kier alpha value is -3.61. The van der Waals surface area contributed by atoms with Crippen LogP contribution in [0, 0.1) is 5.82 Å². The van der Waals surface area contributed by atoms with Gasteiger partial charge in [0.05, 0.1) is 26.1 Å². The van der Waals surface area contributed by atoms with Gasteiger partial charge in [0.15, 0.2) is 11.5 Å². The summed E-state index contributed by atoms with van der Waals surface area (Å²) in [6.07, 6.45) is 2.11. The van der Waals surface area contributed by atoms with Crippen molar-refractivity contribution in [2.45, 2.75) is 6.42 Å². The maximum absolute atomic E-state index is 13.6. The van der Waals surface area contributed by atoms with Crippen LogP contribution in [0.2, 0.25) is 0 Å². The molecule has 0 radical (unpaired) electrons. The van der Waals surface area contributed by atoms with Gasteiger partial charge >= 0.3 is 0 Å². The predicted octanol–water partition coefficient (Wildman–Crippen LogP) is 4.14. The van der Waals surface area contributed by atoms with Crippen molar-refractivity contribution < 1.29 is 18.7 Å². The molecule has 2 N–H and O–H groups in total. The van der Waals surface area contributed by atoms with Gasteiger partial charge in [-0.05, 0) is 48.4 Å². The minimum Gasteiger partial charge on any atom is -0.493 e. The van der Waals surface area contributed by atoms with E-state index < -0.39 is 0 Å². The molecule has 0 aliphatic carbocycles. The van der Waals surface area contributed by atoms with Crippen molar-refractivity contribution in [1.82, 2.24) is 4.98 Å². The van der Waals surface area contributed by atoms with Crippen LogP contribution in [0.15, 0.2) is 60.8 Å². The van der Waals surface area contributed by atoms with Crippen LogP contribution in [0.3, 0.4) is 0 Å². The third-order valence-corrected chi connectivity index (χ3v) is 4.33. The Balaban J connectivity index is 1.56. The number of halogens is 1. The minimum atomic E-state index is -0.284. The number of ether oxygens (including phenoxy) is 2. The van der Waals surface area contributed by atoms with E-state index in [-0.39, 0.29) is 11.7 Å². The highest BCUT2D eigenvalue weighted by Crippen LogP contribution is 2.27. The first-order valence-corrected chi connectivity index (χ1v) is 9.07. The van der Waals surface area contributed by atoms with E-state index in [4.69, 9.17) is 9.47 Å². The second-order valence-electron chi connectivity index (χ2n) is 6.22. The summed E-state index contributed by atoms with van der Waals surface area (Å²) in [7, 11) is 3.05. The molecule has 0 saturated heterocycles. The molecule has 6 nitrogen and oxygen atoms in total. The van der Waals surface area contributed by atoms with Crippen molar-refractivity contribution in [3.8, 4) is 11.5 Å². The number of carbonyl (C=O) groups excluding carboxylic acids is 1. The normalized spacial score (nSPS) is 10.3. The molecule has 29 heavy (non-hydrogen) atoms. The van der Waals surface area contributed by atoms with E-state index in [1.54, 1.807) is 48.7 Å². The number of carbonyl (C=O) groups is 1. The number of anilines is 2. The van der Waals surface area contributed by atoms with Crippen molar-refractivity contribution in [2.75, 3.05) is 31.4 Å². The first-order chi connectivity index (χ1) is 14.1. The zero-order valence-corrected chi connectivity index (χ0v) is 16.2. The highest BCUT2D eigenvalue weighted by molar-refractivity contribution is 6.04. The Morgan fingerprint density at radius 3 is 2.52 bits per heavy atom. The molecule has 1 amide bonds. The second kappa shape index (κ2) is 9.54. The standard InChI is InChI=1S/C22H22FN3O3/c1-28-19-9-7-16(13-20(19)29-2)22(27)26-17-8-10-21(25-14-17)24-12-11-15-5-3-4-6-18(15)23/h3-10,13-14H,11-12H2,1-2H3,(H,24,25)(H,26,27). The quantitative estimate of drug-likeness (QED) is 0.600. The lowest BCUT2D eigenvalue weighted by atomic mass is 10.1. The molecule has 0 atom stereocenters. The van der Waals surface area contributed by atoms with Gasteiger partial charge in [-0.2, -0.15) is 0 Å². The first-order valence-electron chi connectivity index (χ1n) is 9.07. The fourth-order valence-electron chi connectivity index (χ4n) is 2.78. The average molecular weight is 395 g/mol. The maximum atomic E-state index is 13.6. The highest BCUT2D eigenvalue weighted by Gasteiger charge is 2.11. The Bertz CT molecular complexity index is 977. The van der Waals surface area contributed by atoms with Gasteiger partial charge in [0.25, 0.3) is 5.91 Å². The molecule has 0 unspecified atom stereocenters. The number of hydrogen-bond acceptors (Lipinski definition) is 5. The third kappa shape index (κ3) is 5.22. The lowest BCUT2D eigenvalue weighted by Gasteiger charge is -2.10. The molecule has 0 aliphatic rings. The van der Waals surface area contributed by atoms with Gasteiger partial charge in [0.1, 0.15) is 11.6 Å². The lowest BCUT2D eigenvalue weighted by Crippen LogP contribution is -2.13. The number of methoxy groups -OCH3 is 2. The molecule has 0 saturated carbocycles. The van der Waals surface area contributed by atoms with Gasteiger partial charge in [0, 0.05) is 12.1 Å². The second-order valence-corrected chi connectivity index (χ2v) is 6.22. The smallest absolute Gasteiger partial charge is 0.255 e. The number of rotatable bonds is 8. The van der Waals surface area contributed by atoms with Crippen LogP contribution in [-0.2, 0) is 6.42 Å². The van der Waals surface area contributed by atoms with Crippen molar-refractivity contribution in [3.63, 3.8) is 0 Å². The number of hydrogen-bond donors (Lipinski definition) is 2. The molecule has 150 valence electrons. The fourth-order valence-corrected chi connectivity index (χ4v) is 2.78. The molecule has 0 fully saturated rings. The topological polar surface area (TPSA) is 72.5 Å². The van der Waals surface area contributed by atoms with Gasteiger partial charge < -0.3 is 20.1 Å². The van der Waals surface area contributed by atoms with Crippen molar-refractivity contribution in [1.29, 1.82) is 0 Å². The van der Waals surface area contributed by atoms with E-state index in [0.717, 1.165) is 0 Å². The Labute approximate surface area is 168 Å². The fraction of sp³-hybridized carbons (Fsp3) is 0.182. The van der Waals surface area contributed by atoms with Gasteiger partial charge in [0.2, 0.25) is 0 Å². The van der Waals surface area contributed by atoms with Crippen molar-refractivity contribution in [2.24, 2.45) is 0 Å². The summed E-state index contributed by atoms with van der Waals surface area (Å²) < 4.78 is 24.0. The number of benzene rings is 2. The molecule has 2 aromatic carbocycles. The van der Waals surface area contributed by atoms with Gasteiger partial charge in [-0.1, -0.05) is 18.2 Å². The van der Waals surface area contributed by atoms with Crippen LogP contribution in [0.25, 0.3) is 0 Å². The average Bonchev–Trinajstić information content (AvgIpc) is 2.75. The van der Waals surface area contributed by atoms with Crippen LogP contribution in [-0.4, -0.2) is 31.7 Å². The molecule has 3 rings (SSSR count). The molecule has 0 aliphatic heterocycles. The number of aromatic nitrogens is 1. The zero-order chi connectivity index (χ0) is 20.6.